The quantitative estimate of drug-likeness (QED) is 0.795. The second-order valence-electron chi connectivity index (χ2n) is 5.21. The van der Waals surface area contributed by atoms with E-state index in [1.807, 2.05) is 43.8 Å². The minimum absolute atomic E-state index is 0.467. The Balaban J connectivity index is 1.98. The number of ether oxygens (including phenoxy) is 1. The Morgan fingerprint density at radius 2 is 2.00 bits per heavy atom. The predicted octanol–water partition coefficient (Wildman–Crippen LogP) is 2.51. The summed E-state index contributed by atoms with van der Waals surface area (Å²) in [4.78, 5) is 4.61. The summed E-state index contributed by atoms with van der Waals surface area (Å²) in [5.41, 5.74) is 3.93. The molecule has 0 aliphatic carbocycles. The molecule has 0 aliphatic rings. The molecule has 0 bridgehead atoms. The Morgan fingerprint density at radius 3 is 2.67 bits per heavy atom. The van der Waals surface area contributed by atoms with Gasteiger partial charge in [-0.3, -0.25) is 9.67 Å². The number of hydrogen-bond acceptors (Lipinski definition) is 4. The number of aryl methyl sites for hydroxylation is 2. The second kappa shape index (κ2) is 7.22. The molecule has 2 heterocycles. The van der Waals surface area contributed by atoms with Crippen molar-refractivity contribution >= 4 is 0 Å². The van der Waals surface area contributed by atoms with Crippen LogP contribution in [0.1, 0.15) is 36.1 Å². The average Bonchev–Trinajstić information content (AvgIpc) is 2.71. The molecule has 0 aromatic carbocycles. The van der Waals surface area contributed by atoms with E-state index in [4.69, 9.17) is 4.74 Å². The SMILES string of the molecule is CCCNCc1cccc(COc2c(C)nn(C)c2C)n1. The monoisotopic (exact) mass is 288 g/mol. The van der Waals surface area contributed by atoms with E-state index in [0.29, 0.717) is 6.61 Å². The molecule has 21 heavy (non-hydrogen) atoms. The Kier molecular flexibility index (Phi) is 5.33. The molecule has 0 saturated carbocycles. The minimum atomic E-state index is 0.467. The van der Waals surface area contributed by atoms with Crippen LogP contribution in [-0.2, 0) is 20.2 Å². The zero-order valence-electron chi connectivity index (χ0n) is 13.3. The van der Waals surface area contributed by atoms with Gasteiger partial charge in [-0.2, -0.15) is 5.10 Å². The third kappa shape index (κ3) is 4.04. The van der Waals surface area contributed by atoms with E-state index < -0.39 is 0 Å². The van der Waals surface area contributed by atoms with Crippen LogP contribution in [0.15, 0.2) is 18.2 Å². The maximum Gasteiger partial charge on any atom is 0.163 e. The van der Waals surface area contributed by atoms with Crippen molar-refractivity contribution < 1.29 is 4.74 Å². The largest absolute Gasteiger partial charge is 0.483 e. The van der Waals surface area contributed by atoms with Gasteiger partial charge in [-0.05, 0) is 38.9 Å². The van der Waals surface area contributed by atoms with Gasteiger partial charge in [-0.15, -0.1) is 0 Å². The minimum Gasteiger partial charge on any atom is -0.483 e. The highest BCUT2D eigenvalue weighted by atomic mass is 16.5. The van der Waals surface area contributed by atoms with Gasteiger partial charge in [0.25, 0.3) is 0 Å². The Bertz CT molecular complexity index is 592. The molecule has 1 N–H and O–H groups in total. The van der Waals surface area contributed by atoms with E-state index in [2.05, 4.69) is 22.3 Å². The second-order valence-corrected chi connectivity index (χ2v) is 5.21. The number of rotatable bonds is 7. The van der Waals surface area contributed by atoms with Gasteiger partial charge in [0.1, 0.15) is 12.3 Å². The number of nitrogens with one attached hydrogen (secondary N) is 1. The molecule has 0 radical (unpaired) electrons. The summed E-state index contributed by atoms with van der Waals surface area (Å²) in [5, 5.41) is 7.71. The van der Waals surface area contributed by atoms with Crippen LogP contribution in [0.2, 0.25) is 0 Å². The van der Waals surface area contributed by atoms with Crippen molar-refractivity contribution in [2.75, 3.05) is 6.54 Å². The molecule has 5 nitrogen and oxygen atoms in total. The molecule has 2 aromatic rings. The maximum atomic E-state index is 5.89. The van der Waals surface area contributed by atoms with Gasteiger partial charge in [-0.25, -0.2) is 0 Å². The summed E-state index contributed by atoms with van der Waals surface area (Å²) in [6, 6.07) is 6.05. The van der Waals surface area contributed by atoms with Gasteiger partial charge in [0.15, 0.2) is 5.75 Å². The molecule has 0 aliphatic heterocycles. The van der Waals surface area contributed by atoms with Gasteiger partial charge in [-0.1, -0.05) is 13.0 Å². The van der Waals surface area contributed by atoms with E-state index in [9.17, 15) is 0 Å². The lowest BCUT2D eigenvalue weighted by Crippen LogP contribution is -2.15. The van der Waals surface area contributed by atoms with Crippen molar-refractivity contribution in [1.29, 1.82) is 0 Å². The molecule has 0 fully saturated rings. The fourth-order valence-electron chi connectivity index (χ4n) is 2.21. The Hall–Kier alpha value is -1.88. The topological polar surface area (TPSA) is 52.0 Å². The lowest BCUT2D eigenvalue weighted by molar-refractivity contribution is 0.296. The summed E-state index contributed by atoms with van der Waals surface area (Å²) < 4.78 is 7.73. The third-order valence-electron chi connectivity index (χ3n) is 3.40. The summed E-state index contributed by atoms with van der Waals surface area (Å²) in [6.07, 6.45) is 1.13. The van der Waals surface area contributed by atoms with Crippen LogP contribution in [0.5, 0.6) is 5.75 Å². The summed E-state index contributed by atoms with van der Waals surface area (Å²) >= 11 is 0. The van der Waals surface area contributed by atoms with E-state index in [1.54, 1.807) is 0 Å². The maximum absolute atomic E-state index is 5.89. The molecule has 114 valence electrons. The number of hydrogen-bond donors (Lipinski definition) is 1. The number of nitrogens with zero attached hydrogens (tertiary/aromatic N) is 3. The molecule has 0 saturated heterocycles. The summed E-state index contributed by atoms with van der Waals surface area (Å²) in [6.45, 7) is 8.40. The highest BCUT2D eigenvalue weighted by molar-refractivity contribution is 5.31. The smallest absolute Gasteiger partial charge is 0.163 e. The number of aromatic nitrogens is 3. The standard InChI is InChI=1S/C16H24N4O/c1-5-9-17-10-14-7-6-8-15(18-14)11-21-16-12(2)19-20(4)13(16)3/h6-8,17H,5,9-11H2,1-4H3. The van der Waals surface area contributed by atoms with Crippen molar-refractivity contribution in [2.45, 2.75) is 40.3 Å². The highest BCUT2D eigenvalue weighted by Crippen LogP contribution is 2.22. The van der Waals surface area contributed by atoms with Gasteiger partial charge < -0.3 is 10.1 Å². The van der Waals surface area contributed by atoms with Gasteiger partial charge >= 0.3 is 0 Å². The van der Waals surface area contributed by atoms with Crippen molar-refractivity contribution in [3.63, 3.8) is 0 Å². The molecular weight excluding hydrogens is 264 g/mol. The molecule has 0 amide bonds. The van der Waals surface area contributed by atoms with Gasteiger partial charge in [0.2, 0.25) is 0 Å². The van der Waals surface area contributed by atoms with Crippen LogP contribution in [0.4, 0.5) is 0 Å². The zero-order chi connectivity index (χ0) is 15.2. The van der Waals surface area contributed by atoms with Crippen LogP contribution in [0, 0.1) is 13.8 Å². The molecule has 0 atom stereocenters. The highest BCUT2D eigenvalue weighted by Gasteiger charge is 2.11. The van der Waals surface area contributed by atoms with Crippen LogP contribution >= 0.6 is 0 Å². The first-order valence-corrected chi connectivity index (χ1v) is 7.40. The lowest BCUT2D eigenvalue weighted by atomic mass is 10.3. The average molecular weight is 288 g/mol. The fourth-order valence-corrected chi connectivity index (χ4v) is 2.21. The van der Waals surface area contributed by atoms with Crippen LogP contribution < -0.4 is 10.1 Å². The first-order valence-electron chi connectivity index (χ1n) is 7.40. The predicted molar refractivity (Wildman–Crippen MR) is 83.2 cm³/mol. The Morgan fingerprint density at radius 1 is 1.24 bits per heavy atom. The van der Waals surface area contributed by atoms with Crippen LogP contribution in [0.3, 0.4) is 0 Å². The molecule has 2 aromatic heterocycles. The summed E-state index contributed by atoms with van der Waals surface area (Å²) in [5.74, 6) is 0.855. The van der Waals surface area contributed by atoms with Gasteiger partial charge in [0.05, 0.1) is 17.1 Å². The van der Waals surface area contributed by atoms with Gasteiger partial charge in [0, 0.05) is 13.6 Å². The number of pyridine rings is 1. The molecule has 2 rings (SSSR count). The van der Waals surface area contributed by atoms with Crippen molar-refractivity contribution in [3.8, 4) is 5.75 Å². The first kappa shape index (κ1) is 15.5. The first-order chi connectivity index (χ1) is 10.1. The Labute approximate surface area is 126 Å². The van der Waals surface area contributed by atoms with E-state index in [0.717, 1.165) is 48.0 Å². The normalized spacial score (nSPS) is 10.9. The van der Waals surface area contributed by atoms with E-state index >= 15 is 0 Å². The van der Waals surface area contributed by atoms with Crippen molar-refractivity contribution in [2.24, 2.45) is 7.05 Å². The van der Waals surface area contributed by atoms with Crippen LogP contribution in [-0.4, -0.2) is 21.3 Å². The van der Waals surface area contributed by atoms with Crippen molar-refractivity contribution in [1.82, 2.24) is 20.1 Å². The fraction of sp³-hybridized carbons (Fsp3) is 0.500. The van der Waals surface area contributed by atoms with E-state index in [-0.39, 0.29) is 0 Å². The summed E-state index contributed by atoms with van der Waals surface area (Å²) in [7, 11) is 1.92. The van der Waals surface area contributed by atoms with Crippen LogP contribution in [0.25, 0.3) is 0 Å². The molecular formula is C16H24N4O. The lowest BCUT2D eigenvalue weighted by Gasteiger charge is -2.08. The van der Waals surface area contributed by atoms with Crippen molar-refractivity contribution in [3.05, 3.63) is 41.0 Å². The van der Waals surface area contributed by atoms with E-state index in [1.165, 1.54) is 0 Å². The third-order valence-corrected chi connectivity index (χ3v) is 3.40. The molecule has 0 unspecified atom stereocenters. The molecule has 5 heteroatoms. The zero-order valence-corrected chi connectivity index (χ0v) is 13.3. The molecule has 0 spiro atoms.